The SMILES string of the molecule is CCCCCCCCCCCCCCCCCCCCCCCC/C=C/C(/C=N/c1cc(CCCCC)cc(CCCCC)c1)=N\c1cc(CCCCC)cc(CCCCC)c1.[Pd]. The first kappa shape index (κ1) is 59.2. The maximum absolute atomic E-state index is 5.33. The molecule has 0 atom stereocenters. The molecule has 0 saturated heterocycles. The van der Waals surface area contributed by atoms with E-state index in [1.165, 1.54) is 241 Å². The summed E-state index contributed by atoms with van der Waals surface area (Å²) in [4.78, 5) is 10.5. The number of aliphatic imine (C=N–C) groups is 2. The number of hydrogen-bond donors (Lipinski definition) is 0. The molecule has 0 radical (unpaired) electrons. The topological polar surface area (TPSA) is 24.7 Å². The van der Waals surface area contributed by atoms with Crippen molar-refractivity contribution < 1.29 is 20.4 Å². The van der Waals surface area contributed by atoms with E-state index < -0.39 is 0 Å². The van der Waals surface area contributed by atoms with E-state index in [1.807, 2.05) is 0 Å². The van der Waals surface area contributed by atoms with Gasteiger partial charge >= 0.3 is 0 Å². The molecular weight excluding hydrogens is 855 g/mol. The van der Waals surface area contributed by atoms with Gasteiger partial charge in [-0.3, -0.25) is 4.99 Å². The van der Waals surface area contributed by atoms with Gasteiger partial charge in [0.25, 0.3) is 0 Å². The van der Waals surface area contributed by atoms with Crippen LogP contribution in [0.3, 0.4) is 0 Å². The van der Waals surface area contributed by atoms with Gasteiger partial charge in [0.1, 0.15) is 0 Å². The van der Waals surface area contributed by atoms with Gasteiger partial charge in [-0.05, 0) is 117 Å². The minimum absolute atomic E-state index is 0. The first-order valence-electron chi connectivity index (χ1n) is 27.7. The van der Waals surface area contributed by atoms with E-state index >= 15 is 0 Å². The summed E-state index contributed by atoms with van der Waals surface area (Å²) in [5.41, 5.74) is 8.91. The molecule has 2 aromatic rings. The predicted molar refractivity (Wildman–Crippen MR) is 282 cm³/mol. The number of nitrogens with zero attached hydrogens (tertiary/aromatic N) is 2. The molecule has 362 valence electrons. The standard InChI is InChI=1S/C60H102N2.Pd/c1-6-11-16-17-18-19-20-21-22-23-24-25-26-27-28-29-30-31-32-33-34-35-36-41-46-58(62-60-51-56(44-39-14-9-4)48-57(52-60)45-40-15-10-5)53-61-59-49-54(42-37-12-7-2)47-55(50-59)43-38-13-8-3;/h41,46-53H,6-40,42-45H2,1-5H3;/b46-41+,61-53+,62-58+;. The van der Waals surface area contributed by atoms with Crippen LogP contribution >= 0.6 is 0 Å². The van der Waals surface area contributed by atoms with Crippen LogP contribution < -0.4 is 0 Å². The summed E-state index contributed by atoms with van der Waals surface area (Å²) in [6.45, 7) is 11.5. The van der Waals surface area contributed by atoms with Crippen LogP contribution in [0, 0.1) is 0 Å². The third-order valence-corrected chi connectivity index (χ3v) is 13.0. The van der Waals surface area contributed by atoms with Gasteiger partial charge < -0.3 is 0 Å². The minimum Gasteiger partial charge on any atom is -0.255 e. The van der Waals surface area contributed by atoms with Crippen LogP contribution in [0.25, 0.3) is 0 Å². The van der Waals surface area contributed by atoms with Crippen LogP contribution in [0.5, 0.6) is 0 Å². The van der Waals surface area contributed by atoms with Gasteiger partial charge in [-0.15, -0.1) is 0 Å². The fraction of sp³-hybridized carbons (Fsp3) is 0.733. The van der Waals surface area contributed by atoms with Gasteiger partial charge in [0.2, 0.25) is 0 Å². The van der Waals surface area contributed by atoms with Crippen LogP contribution in [0.2, 0.25) is 0 Å². The number of allylic oxidation sites excluding steroid dienone is 2. The second-order valence-corrected chi connectivity index (χ2v) is 19.3. The van der Waals surface area contributed by atoms with E-state index in [-0.39, 0.29) is 20.4 Å². The fourth-order valence-corrected chi connectivity index (χ4v) is 8.99. The summed E-state index contributed by atoms with van der Waals surface area (Å²) in [5, 5.41) is 0. The largest absolute Gasteiger partial charge is 0.255 e. The summed E-state index contributed by atoms with van der Waals surface area (Å²) in [6, 6.07) is 14.3. The predicted octanol–water partition coefficient (Wildman–Crippen LogP) is 20.6. The van der Waals surface area contributed by atoms with Crippen molar-refractivity contribution in [2.45, 2.75) is 285 Å². The average molecular weight is 958 g/mol. The molecule has 2 rings (SSSR count). The first-order valence-corrected chi connectivity index (χ1v) is 27.7. The molecule has 0 aliphatic rings. The molecule has 0 aromatic heterocycles. The Hall–Kier alpha value is -1.82. The van der Waals surface area contributed by atoms with Crippen LogP contribution in [-0.4, -0.2) is 11.9 Å². The quantitative estimate of drug-likeness (QED) is 0.0359. The van der Waals surface area contributed by atoms with Crippen LogP contribution in [0.1, 0.15) is 282 Å². The number of hydrogen-bond acceptors (Lipinski definition) is 2. The molecule has 3 heteroatoms. The molecule has 2 nitrogen and oxygen atoms in total. The summed E-state index contributed by atoms with van der Waals surface area (Å²) in [5.74, 6) is 0. The Labute approximate surface area is 407 Å². The van der Waals surface area contributed by atoms with Gasteiger partial charge in [-0.25, -0.2) is 4.99 Å². The van der Waals surface area contributed by atoms with Crippen molar-refractivity contribution in [1.29, 1.82) is 0 Å². The van der Waals surface area contributed by atoms with Crippen LogP contribution in [0.15, 0.2) is 58.5 Å². The Bertz CT molecular complexity index is 1350. The molecule has 0 amide bonds. The van der Waals surface area contributed by atoms with Crippen molar-refractivity contribution in [3.05, 3.63) is 70.8 Å². The van der Waals surface area contributed by atoms with E-state index in [2.05, 4.69) is 89.4 Å². The minimum atomic E-state index is 0. The maximum atomic E-state index is 5.33. The molecule has 0 N–H and O–H groups in total. The Morgan fingerprint density at radius 1 is 0.349 bits per heavy atom. The second-order valence-electron chi connectivity index (χ2n) is 19.3. The smallest absolute Gasteiger partial charge is 0.0816 e. The molecule has 0 bridgehead atoms. The van der Waals surface area contributed by atoms with Crippen molar-refractivity contribution in [2.75, 3.05) is 0 Å². The fourth-order valence-electron chi connectivity index (χ4n) is 8.99. The molecule has 0 saturated carbocycles. The Morgan fingerprint density at radius 3 is 0.968 bits per heavy atom. The zero-order chi connectivity index (χ0) is 44.4. The number of rotatable bonds is 43. The van der Waals surface area contributed by atoms with Crippen molar-refractivity contribution in [2.24, 2.45) is 9.98 Å². The summed E-state index contributed by atoms with van der Waals surface area (Å²) in [7, 11) is 0. The van der Waals surface area contributed by atoms with Gasteiger partial charge in [0.05, 0.1) is 23.3 Å². The first-order chi connectivity index (χ1) is 30.6. The summed E-state index contributed by atoms with van der Waals surface area (Å²) in [6.07, 6.45) is 59.0. The van der Waals surface area contributed by atoms with E-state index in [1.54, 1.807) is 0 Å². The zero-order valence-electron chi connectivity index (χ0n) is 42.5. The monoisotopic (exact) mass is 957 g/mol. The van der Waals surface area contributed by atoms with Crippen molar-refractivity contribution in [3.8, 4) is 0 Å². The zero-order valence-corrected chi connectivity index (χ0v) is 44.0. The average Bonchev–Trinajstić information content (AvgIpc) is 3.27. The van der Waals surface area contributed by atoms with Gasteiger partial charge in [0.15, 0.2) is 0 Å². The van der Waals surface area contributed by atoms with E-state index in [0.717, 1.165) is 49.2 Å². The molecule has 0 unspecified atom stereocenters. The molecule has 0 aliphatic heterocycles. The van der Waals surface area contributed by atoms with Crippen LogP contribution in [-0.2, 0) is 46.1 Å². The van der Waals surface area contributed by atoms with E-state index in [0.29, 0.717) is 0 Å². The van der Waals surface area contributed by atoms with Gasteiger partial charge in [-0.1, -0.05) is 239 Å². The molecular formula is C60H102N2Pd. The summed E-state index contributed by atoms with van der Waals surface area (Å²) < 4.78 is 0. The van der Waals surface area contributed by atoms with Gasteiger partial charge in [-0.2, -0.15) is 0 Å². The molecule has 2 aromatic carbocycles. The number of unbranched alkanes of at least 4 members (excludes halogenated alkanes) is 30. The Kier molecular flexibility index (Phi) is 41.4. The number of aryl methyl sites for hydroxylation is 4. The normalized spacial score (nSPS) is 12.0. The molecule has 0 spiro atoms. The molecule has 0 fully saturated rings. The Balaban J connectivity index is 0.0000198. The van der Waals surface area contributed by atoms with Crippen LogP contribution in [0.4, 0.5) is 11.4 Å². The van der Waals surface area contributed by atoms with Crippen molar-refractivity contribution in [3.63, 3.8) is 0 Å². The molecule has 0 aliphatic carbocycles. The molecule has 0 heterocycles. The molecule has 63 heavy (non-hydrogen) atoms. The number of benzene rings is 2. The summed E-state index contributed by atoms with van der Waals surface area (Å²) >= 11 is 0. The second kappa shape index (κ2) is 44.0. The third-order valence-electron chi connectivity index (χ3n) is 13.0. The Morgan fingerprint density at radius 2 is 0.635 bits per heavy atom. The maximum Gasteiger partial charge on any atom is 0.0816 e. The van der Waals surface area contributed by atoms with Crippen molar-refractivity contribution in [1.82, 2.24) is 0 Å². The van der Waals surface area contributed by atoms with E-state index in [4.69, 9.17) is 9.98 Å². The van der Waals surface area contributed by atoms with E-state index in [9.17, 15) is 0 Å². The third kappa shape index (κ3) is 34.2. The van der Waals surface area contributed by atoms with Gasteiger partial charge in [0, 0.05) is 20.4 Å². The van der Waals surface area contributed by atoms with Crippen molar-refractivity contribution >= 4 is 23.3 Å².